The van der Waals surface area contributed by atoms with Crippen molar-refractivity contribution in [2.24, 2.45) is 0 Å². The van der Waals surface area contributed by atoms with Crippen LogP contribution in [-0.4, -0.2) is 20.7 Å². The fourth-order valence-corrected chi connectivity index (χ4v) is 2.47. The van der Waals surface area contributed by atoms with Crippen molar-refractivity contribution < 1.29 is 58.2 Å². The van der Waals surface area contributed by atoms with E-state index in [0.29, 0.717) is 11.3 Å². The molecular formula is C10H7N3NaO7PS. The average molecular weight is 367 g/mol. The Bertz CT molecular complexity index is 777. The number of carbonyl (C=O) groups is 1. The van der Waals surface area contributed by atoms with Crippen LogP contribution < -0.4 is 44.3 Å². The number of para-hydroxylation sites is 1. The van der Waals surface area contributed by atoms with E-state index in [9.17, 15) is 24.4 Å². The number of phosphoric ester groups is 1. The number of amides is 1. The summed E-state index contributed by atoms with van der Waals surface area (Å²) in [4.78, 5) is 45.0. The van der Waals surface area contributed by atoms with Gasteiger partial charge in [-0.15, -0.1) is 0 Å². The first-order valence-electron chi connectivity index (χ1n) is 5.50. The van der Waals surface area contributed by atoms with Crippen LogP contribution in [0.5, 0.6) is 5.75 Å². The van der Waals surface area contributed by atoms with E-state index in [0.717, 1.165) is 6.20 Å². The Morgan fingerprint density at radius 3 is 2.65 bits per heavy atom. The third-order valence-corrected chi connectivity index (χ3v) is 3.53. The molecular weight excluding hydrogens is 360 g/mol. The molecule has 10 nitrogen and oxygen atoms in total. The number of benzene rings is 1. The third-order valence-electron chi connectivity index (χ3n) is 2.24. The predicted molar refractivity (Wildman–Crippen MR) is 73.6 cm³/mol. The molecule has 0 bridgehead atoms. The molecule has 116 valence electrons. The Hall–Kier alpha value is -1.33. The van der Waals surface area contributed by atoms with Crippen LogP contribution in [0.1, 0.15) is 10.4 Å². The average Bonchev–Trinajstić information content (AvgIpc) is 2.86. The molecule has 0 aliphatic rings. The first-order chi connectivity index (χ1) is 10.3. The van der Waals surface area contributed by atoms with E-state index in [1.165, 1.54) is 24.3 Å². The molecule has 0 radical (unpaired) electrons. The van der Waals surface area contributed by atoms with Crippen LogP contribution in [0.25, 0.3) is 0 Å². The molecule has 0 saturated carbocycles. The number of hydrogen-bond acceptors (Lipinski definition) is 8. The van der Waals surface area contributed by atoms with E-state index < -0.39 is 18.7 Å². The summed E-state index contributed by atoms with van der Waals surface area (Å²) < 4.78 is 15.1. The van der Waals surface area contributed by atoms with Gasteiger partial charge in [-0.1, -0.05) is 12.1 Å². The van der Waals surface area contributed by atoms with Gasteiger partial charge in [0.2, 0.25) is 0 Å². The van der Waals surface area contributed by atoms with E-state index in [1.807, 2.05) is 0 Å². The zero-order valence-corrected chi connectivity index (χ0v) is 15.2. The van der Waals surface area contributed by atoms with Crippen molar-refractivity contribution in [1.29, 1.82) is 0 Å². The maximum absolute atomic E-state index is 12.0. The molecule has 13 heteroatoms. The van der Waals surface area contributed by atoms with Gasteiger partial charge in [0.25, 0.3) is 5.91 Å². The summed E-state index contributed by atoms with van der Waals surface area (Å²) in [7, 11) is -5.08. The van der Waals surface area contributed by atoms with Gasteiger partial charge < -0.3 is 14.3 Å². The molecule has 0 aliphatic heterocycles. The van der Waals surface area contributed by atoms with Gasteiger partial charge in [0.15, 0.2) is 5.13 Å². The summed E-state index contributed by atoms with van der Waals surface area (Å²) in [5.41, 5.74) is -0.189. The van der Waals surface area contributed by atoms with Crippen LogP contribution in [0.4, 0.5) is 10.1 Å². The van der Waals surface area contributed by atoms with Gasteiger partial charge in [0.1, 0.15) is 11.9 Å². The van der Waals surface area contributed by atoms with E-state index in [2.05, 4.69) is 14.8 Å². The molecule has 1 aromatic heterocycles. The fraction of sp³-hybridized carbons (Fsp3) is 0. The molecule has 2 rings (SSSR count). The van der Waals surface area contributed by atoms with E-state index >= 15 is 0 Å². The van der Waals surface area contributed by atoms with Crippen LogP contribution in [-0.2, 0) is 4.57 Å². The molecule has 0 fully saturated rings. The number of hydrogen-bond donors (Lipinski definition) is 2. The molecule has 2 N–H and O–H groups in total. The molecule has 0 spiro atoms. The number of nitro groups is 1. The maximum Gasteiger partial charge on any atom is 1.00 e. The Labute approximate surface area is 155 Å². The standard InChI is InChI=1S/C10H8N3O7PS.Na/c14-9(12-10-11-5-8(22-10)13(15)16)6-3-1-2-4-7(6)20-21(17,18)19;/h1-5H,(H,11,12,14)(H2,17,18,19);/q;+1/p-1. The van der Waals surface area contributed by atoms with Crippen LogP contribution in [0.15, 0.2) is 30.5 Å². The van der Waals surface area contributed by atoms with E-state index in [-0.39, 0.29) is 51.0 Å². The minimum atomic E-state index is -5.08. The minimum absolute atomic E-state index is 0. The zero-order chi connectivity index (χ0) is 16.3. The van der Waals surface area contributed by atoms with Gasteiger partial charge in [-0.2, -0.15) is 0 Å². The Balaban J connectivity index is 0.00000264. The van der Waals surface area contributed by atoms with Crippen molar-refractivity contribution in [3.63, 3.8) is 0 Å². The number of phosphoric acid groups is 1. The SMILES string of the molecule is O=C(Nc1ncc([N+](=O)[O-])s1)c1ccccc1OP(=O)([O-])O.[Na+]. The van der Waals surface area contributed by atoms with Gasteiger partial charge in [0, 0.05) is 0 Å². The number of nitrogens with zero attached hydrogens (tertiary/aromatic N) is 2. The first-order valence-corrected chi connectivity index (χ1v) is 7.81. The summed E-state index contributed by atoms with van der Waals surface area (Å²) >= 11 is 0.634. The molecule has 2 aromatic rings. The second-order valence-corrected chi connectivity index (χ2v) is 5.90. The number of thiazole rings is 1. The summed E-state index contributed by atoms with van der Waals surface area (Å²) in [5.74, 6) is -1.18. The van der Waals surface area contributed by atoms with Crippen molar-refractivity contribution >= 4 is 35.2 Å². The summed E-state index contributed by atoms with van der Waals surface area (Å²) in [6, 6.07) is 5.26. The van der Waals surface area contributed by atoms with E-state index in [1.54, 1.807) is 0 Å². The predicted octanol–water partition coefficient (Wildman–Crippen LogP) is -1.85. The molecule has 1 amide bonds. The summed E-state index contributed by atoms with van der Waals surface area (Å²) in [6.07, 6.45) is 0.974. The molecule has 1 unspecified atom stereocenters. The molecule has 1 atom stereocenters. The third kappa shape index (κ3) is 5.66. The largest absolute Gasteiger partial charge is 1.00 e. The van der Waals surface area contributed by atoms with Crippen LogP contribution in [0.2, 0.25) is 0 Å². The number of anilines is 1. The molecule has 0 saturated heterocycles. The van der Waals surface area contributed by atoms with Crippen LogP contribution in [0, 0.1) is 10.1 Å². The number of rotatable bonds is 5. The van der Waals surface area contributed by atoms with Crippen LogP contribution >= 0.6 is 19.2 Å². The molecule has 1 aromatic carbocycles. The smallest absolute Gasteiger partial charge is 0.746 e. The van der Waals surface area contributed by atoms with Gasteiger partial charge >= 0.3 is 42.4 Å². The zero-order valence-electron chi connectivity index (χ0n) is 11.5. The van der Waals surface area contributed by atoms with Gasteiger partial charge in [-0.05, 0) is 23.5 Å². The topological polar surface area (TPSA) is 155 Å². The Morgan fingerprint density at radius 2 is 2.09 bits per heavy atom. The number of nitrogens with one attached hydrogen (secondary N) is 1. The quantitative estimate of drug-likeness (QED) is 0.270. The summed E-state index contributed by atoms with van der Waals surface area (Å²) in [5, 5.41) is 12.5. The van der Waals surface area contributed by atoms with Gasteiger partial charge in [-0.3, -0.25) is 24.8 Å². The number of aromatic nitrogens is 1. The normalized spacial score (nSPS) is 12.6. The Kier molecular flexibility index (Phi) is 6.84. The van der Waals surface area contributed by atoms with Crippen molar-refractivity contribution in [3.8, 4) is 5.75 Å². The van der Waals surface area contributed by atoms with Crippen molar-refractivity contribution in [2.45, 2.75) is 0 Å². The van der Waals surface area contributed by atoms with Crippen molar-refractivity contribution in [3.05, 3.63) is 46.1 Å². The monoisotopic (exact) mass is 367 g/mol. The Morgan fingerprint density at radius 1 is 1.43 bits per heavy atom. The van der Waals surface area contributed by atoms with Gasteiger partial charge in [-0.25, -0.2) is 4.98 Å². The van der Waals surface area contributed by atoms with Crippen molar-refractivity contribution in [1.82, 2.24) is 4.98 Å². The maximum atomic E-state index is 12.0. The second-order valence-electron chi connectivity index (χ2n) is 3.77. The van der Waals surface area contributed by atoms with Crippen LogP contribution in [0.3, 0.4) is 0 Å². The summed E-state index contributed by atoms with van der Waals surface area (Å²) in [6.45, 7) is 0. The first kappa shape index (κ1) is 19.7. The van der Waals surface area contributed by atoms with Crippen molar-refractivity contribution in [2.75, 3.05) is 5.32 Å². The molecule has 23 heavy (non-hydrogen) atoms. The fourth-order valence-electron chi connectivity index (χ4n) is 1.43. The number of carbonyl (C=O) groups excluding carboxylic acids is 1. The van der Waals surface area contributed by atoms with Gasteiger partial charge in [0.05, 0.1) is 10.5 Å². The molecule has 1 heterocycles. The minimum Gasteiger partial charge on any atom is -0.746 e. The second kappa shape index (κ2) is 7.97. The van der Waals surface area contributed by atoms with E-state index in [4.69, 9.17) is 4.89 Å². The molecule has 0 aliphatic carbocycles.